The molecule has 16 heavy (non-hydrogen) atoms. The number of aromatic amines is 1. The van der Waals surface area contributed by atoms with Crippen LogP contribution in [0.2, 0.25) is 0 Å². The number of benzene rings is 1. The molecule has 2 aromatic rings. The van der Waals surface area contributed by atoms with Crippen molar-refractivity contribution in [1.82, 2.24) is 9.88 Å². The van der Waals surface area contributed by atoms with Crippen molar-refractivity contribution in [3.63, 3.8) is 0 Å². The van der Waals surface area contributed by atoms with Crippen LogP contribution >= 0.6 is 0 Å². The normalized spacial score (nSPS) is 11.4. The summed E-state index contributed by atoms with van der Waals surface area (Å²) < 4.78 is 0. The van der Waals surface area contributed by atoms with Crippen molar-refractivity contribution < 1.29 is 0 Å². The Bertz CT molecular complexity index is 445. The molecule has 0 bridgehead atoms. The number of hydrogen-bond donors (Lipinski definition) is 1. The molecule has 1 aromatic carbocycles. The zero-order valence-corrected chi connectivity index (χ0v) is 10.2. The van der Waals surface area contributed by atoms with Crippen LogP contribution in [0.4, 0.5) is 0 Å². The third-order valence-corrected chi connectivity index (χ3v) is 3.05. The minimum atomic E-state index is 1.13. The van der Waals surface area contributed by atoms with E-state index in [1.54, 1.807) is 0 Å². The lowest BCUT2D eigenvalue weighted by molar-refractivity contribution is 0.339. The summed E-state index contributed by atoms with van der Waals surface area (Å²) in [6.45, 7) is 4.55. The van der Waals surface area contributed by atoms with Gasteiger partial charge in [-0.1, -0.05) is 19.1 Å². The molecule has 0 aliphatic carbocycles. The van der Waals surface area contributed by atoms with Crippen LogP contribution in [0.1, 0.15) is 18.9 Å². The highest BCUT2D eigenvalue weighted by Gasteiger charge is 2.03. The van der Waals surface area contributed by atoms with Gasteiger partial charge in [0.1, 0.15) is 0 Å². The van der Waals surface area contributed by atoms with Crippen LogP contribution < -0.4 is 0 Å². The van der Waals surface area contributed by atoms with Crippen LogP contribution in [0.3, 0.4) is 0 Å². The molecular weight excluding hydrogens is 196 g/mol. The molecule has 1 heterocycles. The van der Waals surface area contributed by atoms with Gasteiger partial charge >= 0.3 is 0 Å². The van der Waals surface area contributed by atoms with Crippen LogP contribution in [0.15, 0.2) is 30.5 Å². The van der Waals surface area contributed by atoms with Crippen LogP contribution in [0.5, 0.6) is 0 Å². The van der Waals surface area contributed by atoms with E-state index in [4.69, 9.17) is 0 Å². The molecule has 0 atom stereocenters. The Kier molecular flexibility index (Phi) is 3.62. The summed E-state index contributed by atoms with van der Waals surface area (Å²) in [5.74, 6) is 0. The Morgan fingerprint density at radius 2 is 2.06 bits per heavy atom. The summed E-state index contributed by atoms with van der Waals surface area (Å²) in [5, 5.41) is 1.37. The van der Waals surface area contributed by atoms with E-state index < -0.39 is 0 Å². The third-order valence-electron chi connectivity index (χ3n) is 3.05. The van der Waals surface area contributed by atoms with Gasteiger partial charge in [-0.2, -0.15) is 0 Å². The van der Waals surface area contributed by atoms with E-state index in [1.807, 2.05) is 6.20 Å². The van der Waals surface area contributed by atoms with E-state index >= 15 is 0 Å². The average Bonchev–Trinajstić information content (AvgIpc) is 2.75. The number of aromatic nitrogens is 1. The third kappa shape index (κ3) is 2.45. The molecule has 0 saturated carbocycles. The number of fused-ring (bicyclic) bond motifs is 1. The highest BCUT2D eigenvalue weighted by Crippen LogP contribution is 2.17. The molecule has 0 radical (unpaired) electrons. The molecule has 0 fully saturated rings. The van der Waals surface area contributed by atoms with Crippen molar-refractivity contribution >= 4 is 10.9 Å². The van der Waals surface area contributed by atoms with E-state index in [0.717, 1.165) is 13.0 Å². The molecule has 0 saturated heterocycles. The van der Waals surface area contributed by atoms with Crippen molar-refractivity contribution in [2.45, 2.75) is 19.8 Å². The van der Waals surface area contributed by atoms with Crippen LogP contribution in [-0.4, -0.2) is 30.0 Å². The van der Waals surface area contributed by atoms with Gasteiger partial charge in [-0.15, -0.1) is 0 Å². The van der Waals surface area contributed by atoms with E-state index in [-0.39, 0.29) is 0 Å². The molecule has 2 nitrogen and oxygen atoms in total. The van der Waals surface area contributed by atoms with E-state index in [9.17, 15) is 0 Å². The Morgan fingerprint density at radius 1 is 1.19 bits per heavy atom. The van der Waals surface area contributed by atoms with Gasteiger partial charge in [0.05, 0.1) is 0 Å². The topological polar surface area (TPSA) is 19.0 Å². The second-order valence-electron chi connectivity index (χ2n) is 4.41. The molecule has 0 amide bonds. The minimum Gasteiger partial charge on any atom is -0.361 e. The molecular formula is C14H20N2. The molecule has 1 aromatic heterocycles. The van der Waals surface area contributed by atoms with E-state index in [0.29, 0.717) is 0 Å². The quantitative estimate of drug-likeness (QED) is 0.814. The lowest BCUT2D eigenvalue weighted by Crippen LogP contribution is -2.21. The molecule has 86 valence electrons. The van der Waals surface area contributed by atoms with Gasteiger partial charge in [-0.3, -0.25) is 0 Å². The van der Waals surface area contributed by atoms with E-state index in [1.165, 1.54) is 29.4 Å². The highest BCUT2D eigenvalue weighted by molar-refractivity contribution is 5.82. The molecule has 0 aliphatic rings. The van der Waals surface area contributed by atoms with Gasteiger partial charge in [0, 0.05) is 23.6 Å². The van der Waals surface area contributed by atoms with Crippen LogP contribution in [0.25, 0.3) is 10.9 Å². The van der Waals surface area contributed by atoms with Crippen molar-refractivity contribution in [3.05, 3.63) is 36.0 Å². The molecule has 2 rings (SSSR count). The number of nitrogens with zero attached hydrogens (tertiary/aromatic N) is 1. The summed E-state index contributed by atoms with van der Waals surface area (Å²) in [4.78, 5) is 5.65. The van der Waals surface area contributed by atoms with Gasteiger partial charge in [0.25, 0.3) is 0 Å². The predicted octanol–water partition coefficient (Wildman–Crippen LogP) is 3.05. The largest absolute Gasteiger partial charge is 0.361 e. The number of rotatable bonds is 5. The summed E-state index contributed by atoms with van der Waals surface area (Å²) in [6, 6.07) is 8.67. The zero-order valence-electron chi connectivity index (χ0n) is 10.2. The predicted molar refractivity (Wildman–Crippen MR) is 69.8 cm³/mol. The standard InChI is InChI=1S/C14H20N2/c1-3-10-16(2)11-8-12-5-4-6-14-13(12)7-9-15-14/h4-7,9,15H,3,8,10-11H2,1-2H3. The first-order valence-corrected chi connectivity index (χ1v) is 6.05. The summed E-state index contributed by atoms with van der Waals surface area (Å²) in [6.07, 6.45) is 4.38. The Morgan fingerprint density at radius 3 is 2.88 bits per heavy atom. The van der Waals surface area contributed by atoms with Gasteiger partial charge < -0.3 is 9.88 Å². The SMILES string of the molecule is CCCN(C)CCc1cccc2[nH]ccc12. The number of H-pyrrole nitrogens is 1. The smallest absolute Gasteiger partial charge is 0.0456 e. The highest BCUT2D eigenvalue weighted by atomic mass is 15.1. The van der Waals surface area contributed by atoms with E-state index in [2.05, 4.69) is 48.1 Å². The maximum atomic E-state index is 3.26. The zero-order chi connectivity index (χ0) is 11.4. The summed E-state index contributed by atoms with van der Waals surface area (Å²) in [5.41, 5.74) is 2.69. The summed E-state index contributed by atoms with van der Waals surface area (Å²) >= 11 is 0. The van der Waals surface area contributed by atoms with Gasteiger partial charge in [-0.25, -0.2) is 0 Å². The fourth-order valence-electron chi connectivity index (χ4n) is 2.17. The lowest BCUT2D eigenvalue weighted by Gasteiger charge is -2.15. The second kappa shape index (κ2) is 5.17. The Labute approximate surface area is 97.3 Å². The van der Waals surface area contributed by atoms with Crippen molar-refractivity contribution in [1.29, 1.82) is 0 Å². The molecule has 1 N–H and O–H groups in total. The fraction of sp³-hybridized carbons (Fsp3) is 0.429. The minimum absolute atomic E-state index is 1.13. The molecule has 0 spiro atoms. The number of nitrogens with one attached hydrogen (secondary N) is 1. The average molecular weight is 216 g/mol. The van der Waals surface area contributed by atoms with Crippen LogP contribution in [-0.2, 0) is 6.42 Å². The first-order chi connectivity index (χ1) is 7.81. The number of likely N-dealkylation sites (N-methyl/N-ethyl adjacent to an activating group) is 1. The van der Waals surface area contributed by atoms with Gasteiger partial charge in [0.15, 0.2) is 0 Å². The van der Waals surface area contributed by atoms with Crippen molar-refractivity contribution in [3.8, 4) is 0 Å². The first-order valence-electron chi connectivity index (χ1n) is 6.05. The first kappa shape index (κ1) is 11.2. The maximum absolute atomic E-state index is 3.26. The summed E-state index contributed by atoms with van der Waals surface area (Å²) in [7, 11) is 2.20. The number of hydrogen-bond acceptors (Lipinski definition) is 1. The Hall–Kier alpha value is -1.28. The van der Waals surface area contributed by atoms with Crippen molar-refractivity contribution in [2.24, 2.45) is 0 Å². The van der Waals surface area contributed by atoms with Crippen LogP contribution in [0, 0.1) is 0 Å². The molecule has 2 heteroatoms. The Balaban J connectivity index is 2.06. The van der Waals surface area contributed by atoms with Gasteiger partial charge in [0.2, 0.25) is 0 Å². The fourth-order valence-corrected chi connectivity index (χ4v) is 2.17. The monoisotopic (exact) mass is 216 g/mol. The molecule has 0 aliphatic heterocycles. The lowest BCUT2D eigenvalue weighted by atomic mass is 10.1. The van der Waals surface area contributed by atoms with Crippen molar-refractivity contribution in [2.75, 3.05) is 20.1 Å². The maximum Gasteiger partial charge on any atom is 0.0456 e. The molecule has 0 unspecified atom stereocenters. The second-order valence-corrected chi connectivity index (χ2v) is 4.41. The van der Waals surface area contributed by atoms with Gasteiger partial charge in [-0.05, 0) is 44.1 Å².